The number of nitrogens with one attached hydrogen (secondary N) is 1. The first kappa shape index (κ1) is 23.6. The van der Waals surface area contributed by atoms with E-state index >= 15 is 0 Å². The summed E-state index contributed by atoms with van der Waals surface area (Å²) in [5, 5.41) is 2.67. The number of aromatic nitrogens is 1. The number of methoxy groups -OCH3 is 1. The van der Waals surface area contributed by atoms with E-state index in [9.17, 15) is 22.8 Å². The van der Waals surface area contributed by atoms with Crippen molar-refractivity contribution in [3.63, 3.8) is 0 Å². The lowest BCUT2D eigenvalue weighted by Gasteiger charge is -2.31. The predicted molar refractivity (Wildman–Crippen MR) is 111 cm³/mol. The minimum absolute atomic E-state index is 0.131. The van der Waals surface area contributed by atoms with E-state index in [1.165, 1.54) is 13.2 Å². The largest absolute Gasteiger partial charge is 0.495 e. The minimum Gasteiger partial charge on any atom is -0.495 e. The van der Waals surface area contributed by atoms with Crippen molar-refractivity contribution in [2.24, 2.45) is 5.92 Å². The Balaban J connectivity index is 1.56. The third-order valence-corrected chi connectivity index (χ3v) is 5.22. The number of likely N-dealkylation sites (tertiary alicyclic amines) is 1. The smallest absolute Gasteiger partial charge is 0.422 e. The summed E-state index contributed by atoms with van der Waals surface area (Å²) >= 11 is 5.92. The van der Waals surface area contributed by atoms with Crippen LogP contribution in [0, 0.1) is 5.92 Å². The molecule has 0 aliphatic carbocycles. The fraction of sp³-hybridized carbons (Fsp3) is 0.381. The lowest BCUT2D eigenvalue weighted by atomic mass is 9.95. The topological polar surface area (TPSA) is 80.8 Å². The van der Waals surface area contributed by atoms with Gasteiger partial charge in [0.1, 0.15) is 10.8 Å². The number of amides is 2. The second kappa shape index (κ2) is 10.1. The van der Waals surface area contributed by atoms with Crippen LogP contribution in [0.5, 0.6) is 11.6 Å². The van der Waals surface area contributed by atoms with Crippen molar-refractivity contribution in [2.45, 2.75) is 19.0 Å². The SMILES string of the molecule is COc1ccccc1NC(=O)C1CCN(C(=O)c2cnc(OCC(F)(F)F)c(Cl)c2)CC1. The number of ether oxygens (including phenoxy) is 2. The summed E-state index contributed by atoms with van der Waals surface area (Å²) < 4.78 is 46.6. The number of carbonyl (C=O) groups is 2. The summed E-state index contributed by atoms with van der Waals surface area (Å²) in [6, 6.07) is 8.31. The molecule has 2 aromatic rings. The molecule has 7 nitrogen and oxygen atoms in total. The number of carbonyl (C=O) groups excluding carboxylic acids is 2. The first-order chi connectivity index (χ1) is 15.2. The van der Waals surface area contributed by atoms with E-state index in [2.05, 4.69) is 15.0 Å². The van der Waals surface area contributed by atoms with Crippen molar-refractivity contribution in [2.75, 3.05) is 32.1 Å². The molecule has 1 aliphatic heterocycles. The Bertz CT molecular complexity index is 979. The highest BCUT2D eigenvalue weighted by molar-refractivity contribution is 6.32. The third kappa shape index (κ3) is 6.03. The monoisotopic (exact) mass is 471 g/mol. The molecule has 1 aromatic carbocycles. The average molecular weight is 472 g/mol. The molecule has 0 unspecified atom stereocenters. The Morgan fingerprint density at radius 2 is 1.94 bits per heavy atom. The van der Waals surface area contributed by atoms with Crippen LogP contribution in [-0.2, 0) is 4.79 Å². The fourth-order valence-electron chi connectivity index (χ4n) is 3.31. The number of rotatable bonds is 6. The summed E-state index contributed by atoms with van der Waals surface area (Å²) in [6.45, 7) is -0.850. The molecule has 0 saturated carbocycles. The van der Waals surface area contributed by atoms with Gasteiger partial charge in [-0.15, -0.1) is 0 Å². The highest BCUT2D eigenvalue weighted by Crippen LogP contribution is 2.28. The van der Waals surface area contributed by atoms with E-state index in [1.807, 2.05) is 0 Å². The quantitative estimate of drug-likeness (QED) is 0.683. The molecule has 3 rings (SSSR count). The number of pyridine rings is 1. The molecule has 1 fully saturated rings. The van der Waals surface area contributed by atoms with E-state index in [-0.39, 0.29) is 28.3 Å². The van der Waals surface area contributed by atoms with Gasteiger partial charge in [0.2, 0.25) is 11.8 Å². The number of hydrogen-bond acceptors (Lipinski definition) is 5. The second-order valence-electron chi connectivity index (χ2n) is 7.17. The van der Waals surface area contributed by atoms with Crippen LogP contribution in [0.2, 0.25) is 5.02 Å². The van der Waals surface area contributed by atoms with Crippen LogP contribution >= 0.6 is 11.6 Å². The van der Waals surface area contributed by atoms with Crippen LogP contribution < -0.4 is 14.8 Å². The van der Waals surface area contributed by atoms with Crippen LogP contribution in [0.15, 0.2) is 36.5 Å². The molecular formula is C21H21ClF3N3O4. The molecule has 0 spiro atoms. The molecule has 32 heavy (non-hydrogen) atoms. The van der Waals surface area contributed by atoms with Crippen molar-refractivity contribution in [1.29, 1.82) is 0 Å². The lowest BCUT2D eigenvalue weighted by molar-refractivity contribution is -0.154. The minimum atomic E-state index is -4.53. The first-order valence-electron chi connectivity index (χ1n) is 9.76. The Kier molecular flexibility index (Phi) is 7.44. The molecule has 1 N–H and O–H groups in total. The standard InChI is InChI=1S/C21H21ClF3N3O4/c1-31-17-5-3-2-4-16(17)27-18(29)13-6-8-28(9-7-13)20(30)14-10-15(22)19(26-11-14)32-12-21(23,24)25/h2-5,10-11,13H,6-9,12H2,1H3,(H,27,29). The lowest BCUT2D eigenvalue weighted by Crippen LogP contribution is -2.41. The maximum Gasteiger partial charge on any atom is 0.422 e. The molecular weight excluding hydrogens is 451 g/mol. The number of benzene rings is 1. The van der Waals surface area contributed by atoms with E-state index in [1.54, 1.807) is 29.2 Å². The van der Waals surface area contributed by atoms with Crippen LogP contribution in [0.4, 0.5) is 18.9 Å². The molecule has 1 aliphatic rings. The molecule has 0 bridgehead atoms. The maximum atomic E-state index is 12.7. The van der Waals surface area contributed by atoms with Crippen LogP contribution in [0.25, 0.3) is 0 Å². The van der Waals surface area contributed by atoms with Crippen molar-refractivity contribution < 1.29 is 32.2 Å². The number of hydrogen-bond donors (Lipinski definition) is 1. The zero-order valence-corrected chi connectivity index (χ0v) is 17.9. The van der Waals surface area contributed by atoms with Gasteiger partial charge in [-0.1, -0.05) is 23.7 Å². The van der Waals surface area contributed by atoms with Crippen molar-refractivity contribution in [3.05, 3.63) is 47.1 Å². The highest BCUT2D eigenvalue weighted by Gasteiger charge is 2.30. The number of halogens is 4. The Labute approximate surface area is 187 Å². The van der Waals surface area contributed by atoms with Crippen LogP contribution in [0.1, 0.15) is 23.2 Å². The van der Waals surface area contributed by atoms with Crippen molar-refractivity contribution in [1.82, 2.24) is 9.88 Å². The maximum absolute atomic E-state index is 12.7. The third-order valence-electron chi connectivity index (χ3n) is 4.94. The molecule has 2 heterocycles. The van der Waals surface area contributed by atoms with E-state index in [0.29, 0.717) is 37.4 Å². The number of anilines is 1. The molecule has 1 saturated heterocycles. The van der Waals surface area contributed by atoms with Crippen molar-refractivity contribution in [3.8, 4) is 11.6 Å². The molecule has 2 amide bonds. The number of alkyl halides is 3. The zero-order valence-electron chi connectivity index (χ0n) is 17.1. The van der Waals surface area contributed by atoms with Crippen LogP contribution in [-0.4, -0.2) is 54.7 Å². The van der Waals surface area contributed by atoms with E-state index < -0.39 is 18.7 Å². The van der Waals surface area contributed by atoms with E-state index in [4.69, 9.17) is 16.3 Å². The average Bonchev–Trinajstić information content (AvgIpc) is 2.77. The van der Waals surface area contributed by atoms with Gasteiger partial charge in [0, 0.05) is 25.2 Å². The molecule has 11 heteroatoms. The van der Waals surface area contributed by atoms with Gasteiger partial charge in [0.25, 0.3) is 5.91 Å². The first-order valence-corrected chi connectivity index (χ1v) is 10.1. The van der Waals surface area contributed by atoms with Crippen LogP contribution in [0.3, 0.4) is 0 Å². The Morgan fingerprint density at radius 1 is 1.25 bits per heavy atom. The molecule has 1 aromatic heterocycles. The number of para-hydroxylation sites is 2. The molecule has 0 radical (unpaired) electrons. The fourth-order valence-corrected chi connectivity index (χ4v) is 3.53. The van der Waals surface area contributed by atoms with E-state index in [0.717, 1.165) is 6.20 Å². The Hall–Kier alpha value is -3.01. The summed E-state index contributed by atoms with van der Waals surface area (Å²) in [6.07, 6.45) is -2.48. The summed E-state index contributed by atoms with van der Waals surface area (Å²) in [4.78, 5) is 30.6. The van der Waals surface area contributed by atoms with Gasteiger partial charge < -0.3 is 19.7 Å². The second-order valence-corrected chi connectivity index (χ2v) is 7.58. The van der Waals surface area contributed by atoms with Gasteiger partial charge in [-0.05, 0) is 31.0 Å². The zero-order chi connectivity index (χ0) is 23.3. The van der Waals surface area contributed by atoms with Gasteiger partial charge >= 0.3 is 6.18 Å². The van der Waals surface area contributed by atoms with Gasteiger partial charge in [0.15, 0.2) is 6.61 Å². The van der Waals surface area contributed by atoms with Gasteiger partial charge in [-0.3, -0.25) is 9.59 Å². The number of piperidine rings is 1. The summed E-state index contributed by atoms with van der Waals surface area (Å²) in [7, 11) is 1.52. The normalized spacial score (nSPS) is 14.7. The summed E-state index contributed by atoms with van der Waals surface area (Å²) in [5.74, 6) is -0.639. The molecule has 172 valence electrons. The van der Waals surface area contributed by atoms with Crippen molar-refractivity contribution >= 4 is 29.1 Å². The highest BCUT2D eigenvalue weighted by atomic mass is 35.5. The van der Waals surface area contributed by atoms with Gasteiger partial charge in [0.05, 0.1) is 18.4 Å². The van der Waals surface area contributed by atoms with Gasteiger partial charge in [-0.2, -0.15) is 13.2 Å². The molecule has 0 atom stereocenters. The summed E-state index contributed by atoms with van der Waals surface area (Å²) in [5.41, 5.74) is 0.707. The predicted octanol–water partition coefficient (Wildman–Crippen LogP) is 4.18. The number of nitrogens with zero attached hydrogens (tertiary/aromatic N) is 2. The van der Waals surface area contributed by atoms with Gasteiger partial charge in [-0.25, -0.2) is 4.98 Å². The Morgan fingerprint density at radius 3 is 2.56 bits per heavy atom.